The average Bonchev–Trinajstić information content (AvgIpc) is 3.48. The summed E-state index contributed by atoms with van der Waals surface area (Å²) in [4.78, 5) is 25.7. The van der Waals surface area contributed by atoms with Crippen molar-refractivity contribution in [3.05, 3.63) is 58.9 Å². The van der Waals surface area contributed by atoms with Crippen LogP contribution in [-0.2, 0) is 18.3 Å². The van der Waals surface area contributed by atoms with E-state index in [1.54, 1.807) is 18.2 Å². The largest absolute Gasteiger partial charge is 0.454 e. The molecule has 1 aliphatic rings. The minimum absolute atomic E-state index is 0.0560. The van der Waals surface area contributed by atoms with Gasteiger partial charge in [-0.2, -0.15) is 0 Å². The van der Waals surface area contributed by atoms with Crippen molar-refractivity contribution in [1.82, 2.24) is 20.1 Å². The first-order valence-corrected chi connectivity index (χ1v) is 12.9. The molecule has 0 radical (unpaired) electrons. The third-order valence-corrected chi connectivity index (χ3v) is 7.09. The highest BCUT2D eigenvalue weighted by molar-refractivity contribution is 7.99. The second-order valence-corrected chi connectivity index (χ2v) is 9.90. The van der Waals surface area contributed by atoms with Crippen molar-refractivity contribution < 1.29 is 19.1 Å². The normalized spacial score (nSPS) is 13.1. The zero-order valence-electron chi connectivity index (χ0n) is 21.1. The summed E-state index contributed by atoms with van der Waals surface area (Å²) >= 11 is 1.31. The molecule has 0 aliphatic carbocycles. The number of rotatable bonds is 9. The van der Waals surface area contributed by atoms with Gasteiger partial charge in [-0.3, -0.25) is 9.59 Å². The number of aryl methyl sites for hydroxylation is 2. The number of amides is 2. The lowest BCUT2D eigenvalue weighted by atomic mass is 10.0. The molecule has 190 valence electrons. The van der Waals surface area contributed by atoms with Crippen LogP contribution in [0.5, 0.6) is 11.5 Å². The number of anilines is 1. The summed E-state index contributed by atoms with van der Waals surface area (Å²) in [6.07, 6.45) is 0.839. The van der Waals surface area contributed by atoms with E-state index in [0.717, 1.165) is 23.2 Å². The summed E-state index contributed by atoms with van der Waals surface area (Å²) in [5, 5.41) is 15.3. The number of nitrogens with zero attached hydrogens (tertiary/aromatic N) is 3. The van der Waals surface area contributed by atoms with E-state index in [-0.39, 0.29) is 36.3 Å². The Morgan fingerprint density at radius 3 is 2.67 bits per heavy atom. The number of aromatic nitrogens is 3. The molecule has 3 aromatic rings. The molecule has 0 fully saturated rings. The number of ether oxygens (including phenoxy) is 2. The average molecular weight is 510 g/mol. The van der Waals surface area contributed by atoms with Crippen LogP contribution >= 0.6 is 11.8 Å². The van der Waals surface area contributed by atoms with E-state index in [9.17, 15) is 9.59 Å². The van der Waals surface area contributed by atoms with Crippen molar-refractivity contribution in [3.63, 3.8) is 0 Å². The smallest absolute Gasteiger partial charge is 0.252 e. The molecular formula is C26H31N5O4S. The van der Waals surface area contributed by atoms with Gasteiger partial charge in [-0.05, 0) is 48.6 Å². The minimum Gasteiger partial charge on any atom is -0.454 e. The van der Waals surface area contributed by atoms with Gasteiger partial charge in [-0.25, -0.2) is 0 Å². The summed E-state index contributed by atoms with van der Waals surface area (Å²) < 4.78 is 12.5. The van der Waals surface area contributed by atoms with E-state index >= 15 is 0 Å². The lowest BCUT2D eigenvalue weighted by Crippen LogP contribution is -2.33. The monoisotopic (exact) mass is 509 g/mol. The quantitative estimate of drug-likeness (QED) is 0.415. The van der Waals surface area contributed by atoms with Gasteiger partial charge in [0.1, 0.15) is 0 Å². The fourth-order valence-electron chi connectivity index (χ4n) is 4.02. The predicted molar refractivity (Wildman–Crippen MR) is 139 cm³/mol. The summed E-state index contributed by atoms with van der Waals surface area (Å²) in [6, 6.07) is 10.7. The first-order valence-electron chi connectivity index (χ1n) is 11.9. The van der Waals surface area contributed by atoms with Crippen molar-refractivity contribution in [2.75, 3.05) is 17.9 Å². The van der Waals surface area contributed by atoms with Crippen LogP contribution in [0.1, 0.15) is 54.1 Å². The lowest BCUT2D eigenvalue weighted by Gasteiger charge is -2.21. The Kier molecular flexibility index (Phi) is 7.83. The van der Waals surface area contributed by atoms with E-state index in [2.05, 4.69) is 27.8 Å². The zero-order valence-corrected chi connectivity index (χ0v) is 21.9. The number of para-hydroxylation sites is 1. The number of nitrogens with one attached hydrogen (secondary N) is 2. The van der Waals surface area contributed by atoms with Gasteiger partial charge in [0.05, 0.1) is 11.8 Å². The van der Waals surface area contributed by atoms with Gasteiger partial charge in [-0.1, -0.05) is 50.7 Å². The van der Waals surface area contributed by atoms with Crippen LogP contribution in [0.2, 0.25) is 0 Å². The molecule has 1 unspecified atom stereocenters. The van der Waals surface area contributed by atoms with Gasteiger partial charge in [0.15, 0.2) is 22.5 Å². The van der Waals surface area contributed by atoms with Crippen molar-refractivity contribution in [2.24, 2.45) is 13.0 Å². The third-order valence-electron chi connectivity index (χ3n) is 6.07. The van der Waals surface area contributed by atoms with E-state index in [0.29, 0.717) is 28.0 Å². The molecule has 1 aliphatic heterocycles. The van der Waals surface area contributed by atoms with Crippen molar-refractivity contribution >= 4 is 29.3 Å². The summed E-state index contributed by atoms with van der Waals surface area (Å²) in [5.41, 5.74) is 3.48. The Morgan fingerprint density at radius 2 is 1.92 bits per heavy atom. The van der Waals surface area contributed by atoms with Gasteiger partial charge in [0, 0.05) is 18.3 Å². The summed E-state index contributed by atoms with van der Waals surface area (Å²) in [5.74, 6) is 1.70. The number of benzene rings is 2. The second kappa shape index (κ2) is 11.0. The van der Waals surface area contributed by atoms with Gasteiger partial charge in [-0.15, -0.1) is 10.2 Å². The fraction of sp³-hybridized carbons (Fsp3) is 0.385. The first-order chi connectivity index (χ1) is 17.3. The third kappa shape index (κ3) is 5.48. The van der Waals surface area contributed by atoms with Crippen LogP contribution in [0.4, 0.5) is 5.69 Å². The number of fused-ring (bicyclic) bond motifs is 1. The molecule has 2 amide bonds. The number of hydrogen-bond acceptors (Lipinski definition) is 7. The Balaban J connectivity index is 1.42. The molecule has 2 heterocycles. The van der Waals surface area contributed by atoms with Crippen LogP contribution in [0.25, 0.3) is 0 Å². The molecular weight excluding hydrogens is 478 g/mol. The molecule has 2 aromatic carbocycles. The molecule has 0 saturated heterocycles. The molecule has 4 rings (SSSR count). The topological polar surface area (TPSA) is 107 Å². The van der Waals surface area contributed by atoms with Crippen LogP contribution < -0.4 is 20.1 Å². The van der Waals surface area contributed by atoms with Crippen LogP contribution in [0.15, 0.2) is 41.6 Å². The molecule has 0 saturated carbocycles. The maximum atomic E-state index is 13.0. The molecule has 0 spiro atoms. The maximum Gasteiger partial charge on any atom is 0.252 e. The van der Waals surface area contributed by atoms with E-state index < -0.39 is 0 Å². The van der Waals surface area contributed by atoms with Gasteiger partial charge in [0.25, 0.3) is 5.91 Å². The highest BCUT2D eigenvalue weighted by Gasteiger charge is 2.26. The summed E-state index contributed by atoms with van der Waals surface area (Å²) in [6.45, 7) is 8.22. The Labute approximate surface area is 215 Å². The molecule has 1 atom stereocenters. The lowest BCUT2D eigenvalue weighted by molar-refractivity contribution is -0.113. The first kappa shape index (κ1) is 25.6. The summed E-state index contributed by atoms with van der Waals surface area (Å²) in [7, 11) is 1.84. The molecule has 1 aromatic heterocycles. The Bertz CT molecular complexity index is 1270. The molecule has 10 heteroatoms. The number of thioether (sulfide) groups is 1. The number of carbonyl (C=O) groups excluding carboxylic acids is 2. The predicted octanol–water partition coefficient (Wildman–Crippen LogP) is 4.27. The van der Waals surface area contributed by atoms with Gasteiger partial charge in [0.2, 0.25) is 12.7 Å². The Morgan fingerprint density at radius 1 is 1.14 bits per heavy atom. The van der Waals surface area contributed by atoms with Crippen LogP contribution in [0, 0.1) is 12.8 Å². The highest BCUT2D eigenvalue weighted by atomic mass is 32.2. The van der Waals surface area contributed by atoms with Gasteiger partial charge >= 0.3 is 0 Å². The SMILES string of the molecule is CCc1cccc(C)c1NC(=O)CSc1nnc(C(NC(=O)c2ccc3c(c2)OCO3)C(C)C)n1C. The molecule has 9 nitrogen and oxygen atoms in total. The zero-order chi connectivity index (χ0) is 25.8. The number of hydrogen-bond donors (Lipinski definition) is 2. The standard InChI is InChI=1S/C26H31N5O4S/c1-6-17-9-7-8-16(4)23(17)27-21(32)13-36-26-30-29-24(31(26)5)22(15(2)3)28-25(33)18-10-11-19-20(12-18)35-14-34-19/h7-12,15,22H,6,13-14H2,1-5H3,(H,27,32)(H,28,33). The van der Waals surface area contributed by atoms with E-state index in [1.165, 1.54) is 11.8 Å². The van der Waals surface area contributed by atoms with E-state index in [1.807, 2.05) is 50.6 Å². The highest BCUT2D eigenvalue weighted by Crippen LogP contribution is 2.33. The van der Waals surface area contributed by atoms with Crippen LogP contribution in [0.3, 0.4) is 0 Å². The molecule has 36 heavy (non-hydrogen) atoms. The van der Waals surface area contributed by atoms with Crippen LogP contribution in [-0.4, -0.2) is 39.1 Å². The molecule has 0 bridgehead atoms. The van der Waals surface area contributed by atoms with Gasteiger partial charge < -0.3 is 24.7 Å². The van der Waals surface area contributed by atoms with Crippen molar-refractivity contribution in [2.45, 2.75) is 45.3 Å². The second-order valence-electron chi connectivity index (χ2n) is 8.96. The van der Waals surface area contributed by atoms with Crippen molar-refractivity contribution in [3.8, 4) is 11.5 Å². The van der Waals surface area contributed by atoms with Crippen molar-refractivity contribution in [1.29, 1.82) is 0 Å². The Hall–Kier alpha value is -3.53. The minimum atomic E-state index is -0.373. The number of carbonyl (C=O) groups is 2. The van der Waals surface area contributed by atoms with E-state index in [4.69, 9.17) is 9.47 Å². The maximum absolute atomic E-state index is 13.0. The molecule has 2 N–H and O–H groups in total. The fourth-order valence-corrected chi connectivity index (χ4v) is 4.74.